The third-order valence-electron chi connectivity index (χ3n) is 1.54. The van der Waals surface area contributed by atoms with Crippen molar-refractivity contribution in [3.63, 3.8) is 0 Å². The van der Waals surface area contributed by atoms with Crippen LogP contribution in [0, 0.1) is 13.8 Å². The highest BCUT2D eigenvalue weighted by atomic mass is 35.5. The maximum absolute atomic E-state index is 10.6. The van der Waals surface area contributed by atoms with Crippen LogP contribution in [0.4, 0.5) is 0 Å². The van der Waals surface area contributed by atoms with E-state index in [0.717, 1.165) is 0 Å². The first-order valence-electron chi connectivity index (χ1n) is 3.27. The monoisotopic (exact) mass is 187 g/mol. The van der Waals surface area contributed by atoms with Crippen molar-refractivity contribution in [1.82, 2.24) is 4.98 Å². The minimum Gasteiger partial charge on any atom is -0.478 e. The quantitative estimate of drug-likeness (QED) is 0.730. The van der Waals surface area contributed by atoms with E-state index in [9.17, 15) is 4.79 Å². The summed E-state index contributed by atoms with van der Waals surface area (Å²) in [6.07, 6.45) is 3.10. The van der Waals surface area contributed by atoms with Crippen LogP contribution in [0.2, 0.25) is 0 Å². The summed E-state index contributed by atoms with van der Waals surface area (Å²) in [5, 5.41) is 8.72. The second-order valence-corrected chi connectivity index (χ2v) is 2.45. The van der Waals surface area contributed by atoms with Gasteiger partial charge in [0.1, 0.15) is 0 Å². The van der Waals surface area contributed by atoms with Crippen LogP contribution in [0.5, 0.6) is 0 Å². The molecular weight excluding hydrogens is 178 g/mol. The molecule has 0 spiro atoms. The Balaban J connectivity index is 0.00000121. The number of nitrogens with zero attached hydrogens (tertiary/aromatic N) is 1. The number of carbonyl (C=O) groups is 1. The van der Waals surface area contributed by atoms with Gasteiger partial charge >= 0.3 is 5.97 Å². The summed E-state index contributed by atoms with van der Waals surface area (Å²) in [7, 11) is 0. The number of aromatic carboxylic acids is 1. The summed E-state index contributed by atoms with van der Waals surface area (Å²) in [4.78, 5) is 14.5. The highest BCUT2D eigenvalue weighted by Crippen LogP contribution is 2.10. The molecule has 0 saturated heterocycles. The molecule has 0 aliphatic rings. The third-order valence-corrected chi connectivity index (χ3v) is 1.54. The lowest BCUT2D eigenvalue weighted by atomic mass is 10.1. The van der Waals surface area contributed by atoms with E-state index in [0.29, 0.717) is 16.7 Å². The molecule has 0 atom stereocenters. The minimum absolute atomic E-state index is 0. The molecule has 0 radical (unpaired) electrons. The van der Waals surface area contributed by atoms with Crippen LogP contribution in [0.15, 0.2) is 12.4 Å². The molecule has 1 N–H and O–H groups in total. The van der Waals surface area contributed by atoms with E-state index in [1.54, 1.807) is 26.2 Å². The van der Waals surface area contributed by atoms with Crippen molar-refractivity contribution in [2.75, 3.05) is 0 Å². The first-order valence-corrected chi connectivity index (χ1v) is 3.27. The zero-order chi connectivity index (χ0) is 8.43. The van der Waals surface area contributed by atoms with Crippen molar-refractivity contribution < 1.29 is 9.90 Å². The topological polar surface area (TPSA) is 50.2 Å². The van der Waals surface area contributed by atoms with Crippen molar-refractivity contribution in [2.45, 2.75) is 13.8 Å². The minimum atomic E-state index is -0.887. The number of aromatic nitrogens is 1. The van der Waals surface area contributed by atoms with Gasteiger partial charge in [0.2, 0.25) is 0 Å². The Hall–Kier alpha value is -1.09. The molecule has 0 aliphatic heterocycles. The molecule has 1 heterocycles. The third kappa shape index (κ3) is 1.95. The molecule has 0 fully saturated rings. The number of halogens is 1. The molecule has 4 heteroatoms. The maximum Gasteiger partial charge on any atom is 0.336 e. The van der Waals surface area contributed by atoms with Crippen molar-refractivity contribution in [3.05, 3.63) is 29.1 Å². The van der Waals surface area contributed by atoms with Gasteiger partial charge in [-0.25, -0.2) is 4.79 Å². The smallest absolute Gasteiger partial charge is 0.336 e. The van der Waals surface area contributed by atoms with Gasteiger partial charge in [0.05, 0.1) is 5.56 Å². The number of rotatable bonds is 1. The van der Waals surface area contributed by atoms with E-state index in [2.05, 4.69) is 4.98 Å². The maximum atomic E-state index is 10.6. The van der Waals surface area contributed by atoms with Crippen molar-refractivity contribution in [2.24, 2.45) is 0 Å². The highest BCUT2D eigenvalue weighted by molar-refractivity contribution is 5.90. The van der Waals surface area contributed by atoms with Gasteiger partial charge in [0, 0.05) is 12.4 Å². The van der Waals surface area contributed by atoms with E-state index in [1.165, 1.54) is 0 Å². The largest absolute Gasteiger partial charge is 0.478 e. The average Bonchev–Trinajstić information content (AvgIpc) is 1.85. The van der Waals surface area contributed by atoms with Crippen LogP contribution in [-0.4, -0.2) is 16.1 Å². The van der Waals surface area contributed by atoms with Crippen LogP contribution in [0.3, 0.4) is 0 Å². The summed E-state index contributed by atoms with van der Waals surface area (Å²) in [6.45, 7) is 3.48. The van der Waals surface area contributed by atoms with Gasteiger partial charge in [-0.2, -0.15) is 0 Å². The zero-order valence-corrected chi connectivity index (χ0v) is 7.68. The number of carboxylic acids is 1. The van der Waals surface area contributed by atoms with E-state index in [4.69, 9.17) is 5.11 Å². The Morgan fingerprint density at radius 2 is 1.75 bits per heavy atom. The molecule has 66 valence electrons. The van der Waals surface area contributed by atoms with Crippen LogP contribution in [-0.2, 0) is 0 Å². The fraction of sp³-hybridized carbons (Fsp3) is 0.250. The molecule has 1 aromatic rings. The van der Waals surface area contributed by atoms with E-state index in [1.807, 2.05) is 0 Å². The Kier molecular flexibility index (Phi) is 3.70. The SMILES string of the molecule is Cc1cncc(C)c1C(=O)O.Cl. The van der Waals surface area contributed by atoms with Gasteiger partial charge in [0.15, 0.2) is 0 Å². The molecule has 0 bridgehead atoms. The molecule has 0 aromatic carbocycles. The van der Waals surface area contributed by atoms with E-state index in [-0.39, 0.29) is 12.4 Å². The van der Waals surface area contributed by atoms with E-state index >= 15 is 0 Å². The first-order chi connectivity index (χ1) is 5.13. The Bertz CT molecular complexity index is 279. The number of hydrogen-bond donors (Lipinski definition) is 1. The van der Waals surface area contributed by atoms with Crippen molar-refractivity contribution >= 4 is 18.4 Å². The second-order valence-electron chi connectivity index (χ2n) is 2.45. The van der Waals surface area contributed by atoms with Crippen molar-refractivity contribution in [3.8, 4) is 0 Å². The van der Waals surface area contributed by atoms with Gasteiger partial charge in [-0.1, -0.05) is 0 Å². The summed E-state index contributed by atoms with van der Waals surface area (Å²) >= 11 is 0. The zero-order valence-electron chi connectivity index (χ0n) is 6.87. The molecule has 0 saturated carbocycles. The predicted molar refractivity (Wildman–Crippen MR) is 47.9 cm³/mol. The normalized spacial score (nSPS) is 8.83. The lowest BCUT2D eigenvalue weighted by Crippen LogP contribution is -2.03. The first kappa shape index (κ1) is 10.9. The number of carboxylic acid groups (broad SMARTS) is 1. The van der Waals surface area contributed by atoms with Crippen LogP contribution in [0.25, 0.3) is 0 Å². The molecule has 0 unspecified atom stereocenters. The number of pyridine rings is 1. The Labute approximate surface area is 76.9 Å². The highest BCUT2D eigenvalue weighted by Gasteiger charge is 2.09. The lowest BCUT2D eigenvalue weighted by Gasteiger charge is -2.01. The van der Waals surface area contributed by atoms with Crippen LogP contribution in [0.1, 0.15) is 21.5 Å². The summed E-state index contributed by atoms with van der Waals surface area (Å²) < 4.78 is 0. The summed E-state index contributed by atoms with van der Waals surface area (Å²) in [6, 6.07) is 0. The molecule has 1 rings (SSSR count). The standard InChI is InChI=1S/C8H9NO2.ClH/c1-5-3-9-4-6(2)7(5)8(10)11;/h3-4H,1-2H3,(H,10,11);1H. The van der Waals surface area contributed by atoms with E-state index < -0.39 is 5.97 Å². The Morgan fingerprint density at radius 1 is 1.33 bits per heavy atom. The second kappa shape index (κ2) is 4.07. The average molecular weight is 188 g/mol. The fourth-order valence-electron chi connectivity index (χ4n) is 1.04. The van der Waals surface area contributed by atoms with Crippen molar-refractivity contribution in [1.29, 1.82) is 0 Å². The molecular formula is C8H10ClNO2. The predicted octanol–water partition coefficient (Wildman–Crippen LogP) is 1.82. The molecule has 3 nitrogen and oxygen atoms in total. The van der Waals surface area contributed by atoms with Gasteiger partial charge < -0.3 is 5.11 Å². The fourth-order valence-corrected chi connectivity index (χ4v) is 1.04. The molecule has 0 aliphatic carbocycles. The molecule has 1 aromatic heterocycles. The molecule has 0 amide bonds. The van der Waals surface area contributed by atoms with Gasteiger partial charge in [-0.3, -0.25) is 4.98 Å². The van der Waals surface area contributed by atoms with Gasteiger partial charge in [-0.15, -0.1) is 12.4 Å². The van der Waals surface area contributed by atoms with Crippen LogP contribution < -0.4 is 0 Å². The van der Waals surface area contributed by atoms with Gasteiger partial charge in [0.25, 0.3) is 0 Å². The van der Waals surface area contributed by atoms with Gasteiger partial charge in [-0.05, 0) is 25.0 Å². The number of aryl methyl sites for hydroxylation is 2. The summed E-state index contributed by atoms with van der Waals surface area (Å²) in [5.41, 5.74) is 1.77. The lowest BCUT2D eigenvalue weighted by molar-refractivity contribution is 0.0695. The molecule has 12 heavy (non-hydrogen) atoms. The van der Waals surface area contributed by atoms with Crippen LogP contribution >= 0.6 is 12.4 Å². The Morgan fingerprint density at radius 3 is 2.00 bits per heavy atom. The number of hydrogen-bond acceptors (Lipinski definition) is 2. The summed E-state index contributed by atoms with van der Waals surface area (Å²) in [5.74, 6) is -0.887.